The Bertz CT molecular complexity index is 928. The van der Waals surface area contributed by atoms with Crippen LogP contribution < -0.4 is 10.6 Å². The number of nitrogens with zero attached hydrogens (tertiary/aromatic N) is 1. The molecule has 5 nitrogen and oxygen atoms in total. The van der Waals surface area contributed by atoms with Crippen LogP contribution in [-0.4, -0.2) is 36.3 Å². The van der Waals surface area contributed by atoms with Crippen LogP contribution in [0.25, 0.3) is 0 Å². The summed E-state index contributed by atoms with van der Waals surface area (Å²) < 4.78 is 39.2. The van der Waals surface area contributed by atoms with Crippen molar-refractivity contribution < 1.29 is 22.8 Å². The lowest BCUT2D eigenvalue weighted by atomic mass is 10.1. The highest BCUT2D eigenvalue weighted by atomic mass is 19.4. The van der Waals surface area contributed by atoms with Crippen molar-refractivity contribution in [2.45, 2.75) is 32.4 Å². The van der Waals surface area contributed by atoms with E-state index in [4.69, 9.17) is 0 Å². The molecule has 2 aromatic rings. The maximum Gasteiger partial charge on any atom is 0.418 e. The van der Waals surface area contributed by atoms with Crippen molar-refractivity contribution in [2.24, 2.45) is 0 Å². The molecule has 0 radical (unpaired) electrons. The predicted molar refractivity (Wildman–Crippen MR) is 109 cm³/mol. The lowest BCUT2D eigenvalue weighted by Crippen LogP contribution is -2.38. The molecule has 0 atom stereocenters. The van der Waals surface area contributed by atoms with Crippen molar-refractivity contribution in [3.05, 3.63) is 59.2 Å². The van der Waals surface area contributed by atoms with Crippen LogP contribution in [0.4, 0.5) is 24.5 Å². The zero-order valence-corrected chi connectivity index (χ0v) is 16.7. The Hall–Kier alpha value is -2.87. The third-order valence-corrected chi connectivity index (χ3v) is 5.07. The van der Waals surface area contributed by atoms with E-state index in [2.05, 4.69) is 10.6 Å². The van der Waals surface area contributed by atoms with E-state index < -0.39 is 17.6 Å². The second kappa shape index (κ2) is 9.30. The molecule has 2 amide bonds. The van der Waals surface area contributed by atoms with E-state index in [0.29, 0.717) is 12.2 Å². The summed E-state index contributed by atoms with van der Waals surface area (Å²) in [6, 6.07) is 10.7. The van der Waals surface area contributed by atoms with Gasteiger partial charge in [-0.3, -0.25) is 14.5 Å². The summed E-state index contributed by atoms with van der Waals surface area (Å²) in [5, 5.41) is 5.13. The fourth-order valence-electron chi connectivity index (χ4n) is 3.56. The standard InChI is InChI=1S/C22H24F3N3O2/c1-2-28(13-20(29)26-17-11-10-15-6-5-7-16(15)12-17)14-21(30)27-19-9-4-3-8-18(19)22(23,24)25/h3-4,8-12H,2,5-7,13-14H2,1H3,(H,26,29)(H,27,30). The molecule has 0 aliphatic heterocycles. The highest BCUT2D eigenvalue weighted by Gasteiger charge is 2.33. The van der Waals surface area contributed by atoms with E-state index in [1.165, 1.54) is 29.3 Å². The Morgan fingerprint density at radius 1 is 0.967 bits per heavy atom. The van der Waals surface area contributed by atoms with Gasteiger partial charge < -0.3 is 10.6 Å². The average molecular weight is 419 g/mol. The number of hydrogen-bond acceptors (Lipinski definition) is 3. The molecule has 0 saturated heterocycles. The molecule has 2 aromatic carbocycles. The normalized spacial score (nSPS) is 13.2. The molecule has 1 aliphatic rings. The number of rotatable bonds is 7. The second-order valence-electron chi connectivity index (χ2n) is 7.28. The quantitative estimate of drug-likeness (QED) is 0.711. The minimum atomic E-state index is -4.57. The highest BCUT2D eigenvalue weighted by molar-refractivity contribution is 5.95. The van der Waals surface area contributed by atoms with E-state index >= 15 is 0 Å². The number of halogens is 3. The van der Waals surface area contributed by atoms with Crippen LogP contribution in [0.1, 0.15) is 30.0 Å². The molecular formula is C22H24F3N3O2. The molecule has 0 heterocycles. The summed E-state index contributed by atoms with van der Waals surface area (Å²) in [6.45, 7) is 1.94. The number of para-hydroxylation sites is 1. The summed E-state index contributed by atoms with van der Waals surface area (Å²) in [5.41, 5.74) is 2.05. The van der Waals surface area contributed by atoms with Gasteiger partial charge in [0, 0.05) is 5.69 Å². The van der Waals surface area contributed by atoms with Crippen LogP contribution in [0.2, 0.25) is 0 Å². The number of anilines is 2. The molecule has 3 rings (SSSR count). The molecular weight excluding hydrogens is 395 g/mol. The number of aryl methyl sites for hydroxylation is 2. The molecule has 0 fully saturated rings. The maximum absolute atomic E-state index is 13.1. The monoisotopic (exact) mass is 419 g/mol. The van der Waals surface area contributed by atoms with Crippen molar-refractivity contribution in [3.8, 4) is 0 Å². The number of carbonyl (C=O) groups excluding carboxylic acids is 2. The number of hydrogen-bond donors (Lipinski definition) is 2. The molecule has 1 aliphatic carbocycles. The van der Waals surface area contributed by atoms with Gasteiger partial charge in [-0.05, 0) is 61.2 Å². The van der Waals surface area contributed by atoms with Crippen molar-refractivity contribution in [3.63, 3.8) is 0 Å². The Kier molecular flexibility index (Phi) is 6.77. The number of likely N-dealkylation sites (N-methyl/N-ethyl adjacent to an activating group) is 1. The number of carbonyl (C=O) groups is 2. The Labute approximate surface area is 173 Å². The van der Waals surface area contributed by atoms with Crippen molar-refractivity contribution in [1.82, 2.24) is 4.90 Å². The van der Waals surface area contributed by atoms with Gasteiger partial charge in [-0.2, -0.15) is 13.2 Å². The minimum absolute atomic E-state index is 0.0398. The Morgan fingerprint density at radius 2 is 1.63 bits per heavy atom. The van der Waals surface area contributed by atoms with Gasteiger partial charge in [0.2, 0.25) is 11.8 Å². The third-order valence-electron chi connectivity index (χ3n) is 5.07. The van der Waals surface area contributed by atoms with Gasteiger partial charge in [0.1, 0.15) is 0 Å². The van der Waals surface area contributed by atoms with Crippen molar-refractivity contribution in [1.29, 1.82) is 0 Å². The average Bonchev–Trinajstić information content (AvgIpc) is 3.14. The smallest absolute Gasteiger partial charge is 0.325 e. The lowest BCUT2D eigenvalue weighted by molar-refractivity contribution is -0.137. The van der Waals surface area contributed by atoms with Crippen LogP contribution in [-0.2, 0) is 28.6 Å². The summed E-state index contributed by atoms with van der Waals surface area (Å²) in [6.07, 6.45) is -1.40. The van der Waals surface area contributed by atoms with Gasteiger partial charge in [0.05, 0.1) is 24.3 Å². The molecule has 160 valence electrons. The molecule has 30 heavy (non-hydrogen) atoms. The number of nitrogens with one attached hydrogen (secondary N) is 2. The van der Waals surface area contributed by atoms with E-state index in [9.17, 15) is 22.8 Å². The van der Waals surface area contributed by atoms with Gasteiger partial charge in [-0.15, -0.1) is 0 Å². The highest BCUT2D eigenvalue weighted by Crippen LogP contribution is 2.34. The first-order valence-electron chi connectivity index (χ1n) is 9.86. The van der Waals surface area contributed by atoms with Gasteiger partial charge in [0.15, 0.2) is 0 Å². The predicted octanol–water partition coefficient (Wildman–Crippen LogP) is 4.09. The van der Waals surface area contributed by atoms with Crippen LogP contribution in [0.3, 0.4) is 0 Å². The van der Waals surface area contributed by atoms with Gasteiger partial charge in [0.25, 0.3) is 0 Å². The van der Waals surface area contributed by atoms with Crippen LogP contribution >= 0.6 is 0 Å². The van der Waals surface area contributed by atoms with E-state index in [-0.39, 0.29) is 24.7 Å². The molecule has 0 spiro atoms. The number of alkyl halides is 3. The SMILES string of the molecule is CCN(CC(=O)Nc1ccc2c(c1)CCC2)CC(=O)Nc1ccccc1C(F)(F)F. The molecule has 0 aromatic heterocycles. The Balaban J connectivity index is 1.56. The Morgan fingerprint density at radius 3 is 2.33 bits per heavy atom. The van der Waals surface area contributed by atoms with Gasteiger partial charge >= 0.3 is 6.18 Å². The molecule has 0 unspecified atom stereocenters. The zero-order valence-electron chi connectivity index (χ0n) is 16.7. The first-order chi connectivity index (χ1) is 14.3. The first kappa shape index (κ1) is 21.8. The summed E-state index contributed by atoms with van der Waals surface area (Å²) in [4.78, 5) is 26.2. The van der Waals surface area contributed by atoms with Crippen molar-refractivity contribution >= 4 is 23.2 Å². The maximum atomic E-state index is 13.1. The van der Waals surface area contributed by atoms with E-state index in [1.807, 2.05) is 18.2 Å². The van der Waals surface area contributed by atoms with Gasteiger partial charge in [-0.25, -0.2) is 0 Å². The molecule has 0 bridgehead atoms. The summed E-state index contributed by atoms with van der Waals surface area (Å²) in [7, 11) is 0. The number of fused-ring (bicyclic) bond motifs is 1. The number of amides is 2. The van der Waals surface area contributed by atoms with E-state index in [0.717, 1.165) is 25.3 Å². The third kappa shape index (κ3) is 5.60. The first-order valence-corrected chi connectivity index (χ1v) is 9.86. The van der Waals surface area contributed by atoms with Crippen LogP contribution in [0, 0.1) is 0 Å². The molecule has 2 N–H and O–H groups in total. The van der Waals surface area contributed by atoms with Crippen molar-refractivity contribution in [2.75, 3.05) is 30.3 Å². The van der Waals surface area contributed by atoms with Gasteiger partial charge in [-0.1, -0.05) is 25.1 Å². The largest absolute Gasteiger partial charge is 0.418 e. The van der Waals surface area contributed by atoms with Crippen LogP contribution in [0.15, 0.2) is 42.5 Å². The van der Waals surface area contributed by atoms with E-state index in [1.54, 1.807) is 11.8 Å². The molecule has 8 heteroatoms. The fraction of sp³-hybridized carbons (Fsp3) is 0.364. The summed E-state index contributed by atoms with van der Waals surface area (Å²) in [5.74, 6) is -0.892. The lowest BCUT2D eigenvalue weighted by Gasteiger charge is -2.20. The fourth-order valence-corrected chi connectivity index (χ4v) is 3.56. The number of benzene rings is 2. The second-order valence-corrected chi connectivity index (χ2v) is 7.28. The van der Waals surface area contributed by atoms with Crippen LogP contribution in [0.5, 0.6) is 0 Å². The molecule has 0 saturated carbocycles. The topological polar surface area (TPSA) is 61.4 Å². The summed E-state index contributed by atoms with van der Waals surface area (Å²) >= 11 is 0. The minimum Gasteiger partial charge on any atom is -0.325 e. The zero-order chi connectivity index (χ0) is 21.7.